The second-order valence-electron chi connectivity index (χ2n) is 5.10. The molecular formula is C14H22N2O4S. The van der Waals surface area contributed by atoms with Crippen molar-refractivity contribution in [3.05, 3.63) is 23.8 Å². The van der Waals surface area contributed by atoms with E-state index in [4.69, 9.17) is 15.2 Å². The topological polar surface area (TPSA) is 81.9 Å². The summed E-state index contributed by atoms with van der Waals surface area (Å²) in [5.41, 5.74) is 6.31. The lowest BCUT2D eigenvalue weighted by molar-refractivity contribution is 0.0979. The molecule has 1 atom stereocenters. The highest BCUT2D eigenvalue weighted by atomic mass is 32.2. The van der Waals surface area contributed by atoms with Crippen molar-refractivity contribution in [3.63, 3.8) is 0 Å². The fourth-order valence-electron chi connectivity index (χ4n) is 2.43. The molecule has 1 saturated heterocycles. The van der Waals surface area contributed by atoms with E-state index in [1.807, 2.05) is 0 Å². The van der Waals surface area contributed by atoms with Crippen molar-refractivity contribution in [2.24, 2.45) is 5.73 Å². The Morgan fingerprint density at radius 1 is 1.48 bits per heavy atom. The maximum Gasteiger partial charge on any atom is 0.242 e. The summed E-state index contributed by atoms with van der Waals surface area (Å²) < 4.78 is 37.1. The van der Waals surface area contributed by atoms with Crippen LogP contribution in [0.3, 0.4) is 0 Å². The normalized spacial score (nSPS) is 19.1. The summed E-state index contributed by atoms with van der Waals surface area (Å²) in [6.45, 7) is 1.30. The Morgan fingerprint density at radius 3 is 2.81 bits per heavy atom. The Kier molecular flexibility index (Phi) is 5.21. The summed E-state index contributed by atoms with van der Waals surface area (Å²) in [6, 6.07) is 4.74. The van der Waals surface area contributed by atoms with Gasteiger partial charge in [0.1, 0.15) is 5.75 Å². The first-order valence-electron chi connectivity index (χ1n) is 6.94. The van der Waals surface area contributed by atoms with E-state index in [2.05, 4.69) is 0 Å². The molecule has 1 aromatic rings. The predicted octanol–water partition coefficient (Wildman–Crippen LogP) is 0.953. The Hall–Kier alpha value is -1.15. The molecule has 1 fully saturated rings. The Labute approximate surface area is 125 Å². The zero-order chi connectivity index (χ0) is 15.5. The van der Waals surface area contributed by atoms with Gasteiger partial charge in [0.15, 0.2) is 0 Å². The number of hydrogen-bond acceptors (Lipinski definition) is 5. The Morgan fingerprint density at radius 2 is 2.24 bits per heavy atom. The fourth-order valence-corrected chi connectivity index (χ4v) is 3.68. The van der Waals surface area contributed by atoms with Crippen molar-refractivity contribution in [2.75, 3.05) is 27.3 Å². The van der Waals surface area contributed by atoms with E-state index in [0.29, 0.717) is 24.5 Å². The molecule has 0 aliphatic carbocycles. The molecule has 0 aromatic heterocycles. The van der Waals surface area contributed by atoms with Gasteiger partial charge < -0.3 is 15.2 Å². The first-order chi connectivity index (χ1) is 9.98. The van der Waals surface area contributed by atoms with Gasteiger partial charge in [-0.15, -0.1) is 0 Å². The number of nitrogens with zero attached hydrogens (tertiary/aromatic N) is 1. The Bertz CT molecular complexity index is 583. The van der Waals surface area contributed by atoms with Crippen molar-refractivity contribution >= 4 is 10.0 Å². The molecule has 1 aliphatic heterocycles. The molecule has 0 bridgehead atoms. The molecule has 1 heterocycles. The van der Waals surface area contributed by atoms with E-state index in [1.165, 1.54) is 11.4 Å². The molecule has 0 saturated carbocycles. The first kappa shape index (κ1) is 16.2. The van der Waals surface area contributed by atoms with Gasteiger partial charge in [-0.2, -0.15) is 4.31 Å². The third-order valence-electron chi connectivity index (χ3n) is 3.66. The lowest BCUT2D eigenvalue weighted by atomic mass is 10.2. The van der Waals surface area contributed by atoms with Crippen LogP contribution < -0.4 is 10.5 Å². The van der Waals surface area contributed by atoms with Crippen LogP contribution in [0, 0.1) is 0 Å². The van der Waals surface area contributed by atoms with Crippen molar-refractivity contribution in [3.8, 4) is 5.75 Å². The second-order valence-corrected chi connectivity index (χ2v) is 7.14. The van der Waals surface area contributed by atoms with Crippen LogP contribution >= 0.6 is 0 Å². The van der Waals surface area contributed by atoms with Crippen molar-refractivity contribution in [1.82, 2.24) is 4.31 Å². The van der Waals surface area contributed by atoms with Crippen molar-refractivity contribution in [1.29, 1.82) is 0 Å². The van der Waals surface area contributed by atoms with E-state index in [9.17, 15) is 8.42 Å². The number of sulfonamides is 1. The van der Waals surface area contributed by atoms with Crippen LogP contribution in [0.5, 0.6) is 5.75 Å². The summed E-state index contributed by atoms with van der Waals surface area (Å²) in [5.74, 6) is 0.596. The molecule has 2 N–H and O–H groups in total. The van der Waals surface area contributed by atoms with Gasteiger partial charge in [0.2, 0.25) is 10.0 Å². The molecule has 21 heavy (non-hydrogen) atoms. The van der Waals surface area contributed by atoms with Gasteiger partial charge in [0.25, 0.3) is 0 Å². The third-order valence-corrected chi connectivity index (χ3v) is 5.48. The number of methoxy groups -OCH3 is 1. The smallest absolute Gasteiger partial charge is 0.242 e. The van der Waals surface area contributed by atoms with E-state index in [1.54, 1.807) is 25.2 Å². The summed E-state index contributed by atoms with van der Waals surface area (Å²) in [4.78, 5) is 0.226. The summed E-state index contributed by atoms with van der Waals surface area (Å²) in [7, 11) is -0.435. The van der Waals surface area contributed by atoms with E-state index in [-0.39, 0.29) is 17.5 Å². The summed E-state index contributed by atoms with van der Waals surface area (Å²) in [5, 5.41) is 0. The predicted molar refractivity (Wildman–Crippen MR) is 79.7 cm³/mol. The van der Waals surface area contributed by atoms with Crippen LogP contribution in [0.25, 0.3) is 0 Å². The molecule has 0 radical (unpaired) electrons. The molecule has 6 nitrogen and oxygen atoms in total. The minimum Gasteiger partial charge on any atom is -0.496 e. The molecule has 7 heteroatoms. The van der Waals surface area contributed by atoms with Gasteiger partial charge >= 0.3 is 0 Å². The van der Waals surface area contributed by atoms with Crippen LogP contribution in [-0.4, -0.2) is 46.1 Å². The van der Waals surface area contributed by atoms with Crippen LogP contribution in [0.15, 0.2) is 23.1 Å². The lowest BCUT2D eigenvalue weighted by Crippen LogP contribution is -2.34. The molecular weight excluding hydrogens is 292 g/mol. The highest BCUT2D eigenvalue weighted by Crippen LogP contribution is 2.24. The average Bonchev–Trinajstić information content (AvgIpc) is 2.99. The molecule has 2 rings (SSSR count). The van der Waals surface area contributed by atoms with Gasteiger partial charge in [0.05, 0.1) is 18.1 Å². The molecule has 1 aliphatic rings. The molecule has 0 amide bonds. The number of hydrogen-bond donors (Lipinski definition) is 1. The Balaban J connectivity index is 2.21. The minimum atomic E-state index is -3.54. The van der Waals surface area contributed by atoms with Crippen LogP contribution in [-0.2, 0) is 21.3 Å². The van der Waals surface area contributed by atoms with Crippen molar-refractivity contribution < 1.29 is 17.9 Å². The van der Waals surface area contributed by atoms with Crippen molar-refractivity contribution in [2.45, 2.75) is 30.4 Å². The maximum absolute atomic E-state index is 12.6. The third kappa shape index (κ3) is 3.55. The summed E-state index contributed by atoms with van der Waals surface area (Å²) >= 11 is 0. The molecule has 118 valence electrons. The number of likely N-dealkylation sites (N-methyl/N-ethyl adjacent to an activating group) is 1. The average molecular weight is 314 g/mol. The summed E-state index contributed by atoms with van der Waals surface area (Å²) in [6.07, 6.45) is 1.87. The van der Waals surface area contributed by atoms with Gasteiger partial charge in [-0.1, -0.05) is 0 Å². The van der Waals surface area contributed by atoms with E-state index < -0.39 is 10.0 Å². The highest BCUT2D eigenvalue weighted by molar-refractivity contribution is 7.89. The van der Waals surface area contributed by atoms with Gasteiger partial charge in [-0.25, -0.2) is 8.42 Å². The zero-order valence-electron chi connectivity index (χ0n) is 12.4. The highest BCUT2D eigenvalue weighted by Gasteiger charge is 2.26. The maximum atomic E-state index is 12.6. The fraction of sp³-hybridized carbons (Fsp3) is 0.571. The quantitative estimate of drug-likeness (QED) is 0.845. The van der Waals surface area contributed by atoms with Gasteiger partial charge in [-0.3, -0.25) is 0 Å². The molecule has 0 spiro atoms. The van der Waals surface area contributed by atoms with Crippen LogP contribution in [0.1, 0.15) is 18.4 Å². The lowest BCUT2D eigenvalue weighted by Gasteiger charge is -2.21. The number of benzene rings is 1. The zero-order valence-corrected chi connectivity index (χ0v) is 13.2. The second kappa shape index (κ2) is 6.74. The van der Waals surface area contributed by atoms with Crippen LogP contribution in [0.2, 0.25) is 0 Å². The van der Waals surface area contributed by atoms with E-state index in [0.717, 1.165) is 12.8 Å². The number of rotatable bonds is 6. The standard InChI is InChI=1S/C14H22N2O4S/c1-16(10-12-4-3-7-20-12)21(17,18)13-5-6-14(19-2)11(8-13)9-15/h5-6,8,12H,3-4,7,9-10,15H2,1-2H3. The first-order valence-corrected chi connectivity index (χ1v) is 8.38. The largest absolute Gasteiger partial charge is 0.496 e. The number of nitrogens with two attached hydrogens (primary N) is 1. The van der Waals surface area contributed by atoms with E-state index >= 15 is 0 Å². The van der Waals surface area contributed by atoms with Gasteiger partial charge in [0, 0.05) is 32.3 Å². The van der Waals surface area contributed by atoms with Gasteiger partial charge in [-0.05, 0) is 31.0 Å². The molecule has 1 aromatic carbocycles. The monoisotopic (exact) mass is 314 g/mol. The number of ether oxygens (including phenoxy) is 2. The SMILES string of the molecule is COc1ccc(S(=O)(=O)N(C)CC2CCCO2)cc1CN. The van der Waals surface area contributed by atoms with Crippen LogP contribution in [0.4, 0.5) is 0 Å². The molecule has 1 unspecified atom stereocenters. The minimum absolute atomic E-state index is 0.0167.